The zero-order valence-corrected chi connectivity index (χ0v) is 9.52. The number of hydrogen-bond donors (Lipinski definition) is 1. The lowest BCUT2D eigenvalue weighted by Crippen LogP contribution is -2.40. The number of nitrogens with two attached hydrogens (primary N) is 1. The molecule has 1 aliphatic carbocycles. The summed E-state index contributed by atoms with van der Waals surface area (Å²) >= 11 is 6.04. The average Bonchev–Trinajstić information content (AvgIpc) is 2.47. The zero-order chi connectivity index (χ0) is 11.1. The molecule has 0 heterocycles. The van der Waals surface area contributed by atoms with Crippen molar-refractivity contribution in [3.8, 4) is 0 Å². The Kier molecular flexibility index (Phi) is 2.73. The maximum atomic E-state index is 13.8. The smallest absolute Gasteiger partial charge is 0.129 e. The summed E-state index contributed by atoms with van der Waals surface area (Å²) in [6.45, 7) is 2.07. The van der Waals surface area contributed by atoms with E-state index in [1.165, 1.54) is 6.07 Å². The number of benzene rings is 1. The third kappa shape index (κ3) is 1.66. The SMILES string of the molecule is CC1CCCC1(N)c1c(F)cccc1Cl. The molecular formula is C12H15ClFN. The van der Waals surface area contributed by atoms with Crippen LogP contribution in [0.5, 0.6) is 0 Å². The second-order valence-electron chi connectivity index (χ2n) is 4.43. The molecule has 0 aliphatic heterocycles. The summed E-state index contributed by atoms with van der Waals surface area (Å²) in [7, 11) is 0. The second kappa shape index (κ2) is 3.76. The Morgan fingerprint density at radius 3 is 2.80 bits per heavy atom. The summed E-state index contributed by atoms with van der Waals surface area (Å²) < 4.78 is 13.8. The molecule has 3 heteroatoms. The Morgan fingerprint density at radius 1 is 1.53 bits per heavy atom. The van der Waals surface area contributed by atoms with Crippen LogP contribution in [-0.4, -0.2) is 0 Å². The minimum absolute atomic E-state index is 0.279. The third-order valence-electron chi connectivity index (χ3n) is 3.54. The van der Waals surface area contributed by atoms with Gasteiger partial charge in [0.1, 0.15) is 5.82 Å². The van der Waals surface area contributed by atoms with Crippen LogP contribution in [0.25, 0.3) is 0 Å². The number of rotatable bonds is 1. The molecule has 1 saturated carbocycles. The zero-order valence-electron chi connectivity index (χ0n) is 8.76. The highest BCUT2D eigenvalue weighted by atomic mass is 35.5. The van der Waals surface area contributed by atoms with Crippen LogP contribution in [-0.2, 0) is 5.54 Å². The molecule has 82 valence electrons. The fourth-order valence-corrected chi connectivity index (χ4v) is 2.86. The van der Waals surface area contributed by atoms with Crippen LogP contribution in [0.2, 0.25) is 5.02 Å². The average molecular weight is 228 g/mol. The van der Waals surface area contributed by atoms with E-state index >= 15 is 0 Å². The van der Waals surface area contributed by atoms with E-state index in [1.54, 1.807) is 12.1 Å². The quantitative estimate of drug-likeness (QED) is 0.782. The van der Waals surface area contributed by atoms with Gasteiger partial charge in [0.15, 0.2) is 0 Å². The molecule has 1 fully saturated rings. The van der Waals surface area contributed by atoms with Crippen LogP contribution in [0.1, 0.15) is 31.7 Å². The summed E-state index contributed by atoms with van der Waals surface area (Å²) in [5.41, 5.74) is 6.22. The predicted octanol–water partition coefficient (Wildman–Crippen LogP) is 3.45. The Morgan fingerprint density at radius 2 is 2.27 bits per heavy atom. The minimum Gasteiger partial charge on any atom is -0.321 e. The highest BCUT2D eigenvalue weighted by Crippen LogP contribution is 2.44. The van der Waals surface area contributed by atoms with Gasteiger partial charge in [0.2, 0.25) is 0 Å². The maximum absolute atomic E-state index is 13.8. The van der Waals surface area contributed by atoms with Gasteiger partial charge in [0, 0.05) is 16.1 Å². The van der Waals surface area contributed by atoms with Crippen molar-refractivity contribution in [2.45, 2.75) is 31.7 Å². The van der Waals surface area contributed by atoms with Gasteiger partial charge in [-0.3, -0.25) is 0 Å². The van der Waals surface area contributed by atoms with Crippen LogP contribution in [0.15, 0.2) is 18.2 Å². The highest BCUT2D eigenvalue weighted by molar-refractivity contribution is 6.31. The monoisotopic (exact) mass is 227 g/mol. The molecule has 2 N–H and O–H groups in total. The van der Waals surface area contributed by atoms with Gasteiger partial charge in [-0.05, 0) is 30.9 Å². The molecule has 1 aromatic rings. The van der Waals surface area contributed by atoms with Crippen molar-refractivity contribution in [1.29, 1.82) is 0 Å². The molecule has 2 atom stereocenters. The Bertz CT molecular complexity index is 360. The predicted molar refractivity (Wildman–Crippen MR) is 60.3 cm³/mol. The molecule has 1 nitrogen and oxygen atoms in total. The fourth-order valence-electron chi connectivity index (χ4n) is 2.52. The van der Waals surface area contributed by atoms with Crippen LogP contribution >= 0.6 is 11.6 Å². The second-order valence-corrected chi connectivity index (χ2v) is 4.84. The van der Waals surface area contributed by atoms with E-state index in [2.05, 4.69) is 6.92 Å². The molecular weight excluding hydrogens is 213 g/mol. The maximum Gasteiger partial charge on any atom is 0.129 e. The topological polar surface area (TPSA) is 26.0 Å². The lowest BCUT2D eigenvalue weighted by molar-refractivity contribution is 0.335. The minimum atomic E-state index is -0.581. The molecule has 1 aliphatic rings. The van der Waals surface area contributed by atoms with E-state index in [4.69, 9.17) is 17.3 Å². The lowest BCUT2D eigenvalue weighted by atomic mass is 9.82. The Balaban J connectivity index is 2.53. The van der Waals surface area contributed by atoms with Crippen molar-refractivity contribution in [3.63, 3.8) is 0 Å². The van der Waals surface area contributed by atoms with E-state index in [0.29, 0.717) is 10.6 Å². The van der Waals surface area contributed by atoms with Gasteiger partial charge in [0.05, 0.1) is 0 Å². The lowest BCUT2D eigenvalue weighted by Gasteiger charge is -2.30. The summed E-state index contributed by atoms with van der Waals surface area (Å²) in [5.74, 6) is 0.00523. The molecule has 15 heavy (non-hydrogen) atoms. The van der Waals surface area contributed by atoms with Crippen molar-refractivity contribution < 1.29 is 4.39 Å². The molecule has 0 spiro atoms. The van der Waals surface area contributed by atoms with E-state index in [0.717, 1.165) is 19.3 Å². The van der Waals surface area contributed by atoms with E-state index in [1.807, 2.05) is 0 Å². The summed E-state index contributed by atoms with van der Waals surface area (Å²) in [4.78, 5) is 0. The van der Waals surface area contributed by atoms with Crippen molar-refractivity contribution in [1.82, 2.24) is 0 Å². The van der Waals surface area contributed by atoms with E-state index in [9.17, 15) is 4.39 Å². The third-order valence-corrected chi connectivity index (χ3v) is 3.85. The normalized spacial score (nSPS) is 30.8. The fraction of sp³-hybridized carbons (Fsp3) is 0.500. The molecule has 0 amide bonds. The van der Waals surface area contributed by atoms with Crippen LogP contribution in [0.4, 0.5) is 4.39 Å². The van der Waals surface area contributed by atoms with Crippen molar-refractivity contribution >= 4 is 11.6 Å². The van der Waals surface area contributed by atoms with Gasteiger partial charge >= 0.3 is 0 Å². The molecule has 2 rings (SSSR count). The van der Waals surface area contributed by atoms with Gasteiger partial charge in [-0.25, -0.2) is 4.39 Å². The first kappa shape index (κ1) is 10.9. The number of halogens is 2. The van der Waals surface area contributed by atoms with Crippen molar-refractivity contribution in [2.75, 3.05) is 0 Å². The van der Waals surface area contributed by atoms with Crippen molar-refractivity contribution in [3.05, 3.63) is 34.6 Å². The van der Waals surface area contributed by atoms with Crippen LogP contribution < -0.4 is 5.73 Å². The van der Waals surface area contributed by atoms with Gasteiger partial charge < -0.3 is 5.73 Å². The number of hydrogen-bond acceptors (Lipinski definition) is 1. The molecule has 2 unspecified atom stereocenters. The summed E-state index contributed by atoms with van der Waals surface area (Å²) in [5, 5.41) is 0.450. The van der Waals surface area contributed by atoms with Gasteiger partial charge in [-0.2, -0.15) is 0 Å². The largest absolute Gasteiger partial charge is 0.321 e. The van der Waals surface area contributed by atoms with E-state index in [-0.39, 0.29) is 11.7 Å². The van der Waals surface area contributed by atoms with Gasteiger partial charge in [0.25, 0.3) is 0 Å². The first-order valence-corrected chi connectivity index (χ1v) is 5.67. The highest BCUT2D eigenvalue weighted by Gasteiger charge is 2.41. The summed E-state index contributed by atoms with van der Waals surface area (Å²) in [6.07, 6.45) is 2.90. The molecule has 0 aromatic heterocycles. The molecule has 0 radical (unpaired) electrons. The molecule has 0 bridgehead atoms. The standard InChI is InChI=1S/C12H15ClFN/c1-8-4-3-7-12(8,15)11-9(13)5-2-6-10(11)14/h2,5-6,8H,3-4,7,15H2,1H3. The van der Waals surface area contributed by atoms with Gasteiger partial charge in [-0.1, -0.05) is 31.0 Å². The van der Waals surface area contributed by atoms with Gasteiger partial charge in [-0.15, -0.1) is 0 Å². The molecule has 0 saturated heterocycles. The summed E-state index contributed by atoms with van der Waals surface area (Å²) in [6, 6.07) is 4.75. The first-order chi connectivity index (χ1) is 7.05. The Hall–Kier alpha value is -0.600. The van der Waals surface area contributed by atoms with Crippen LogP contribution in [0, 0.1) is 11.7 Å². The van der Waals surface area contributed by atoms with Crippen molar-refractivity contribution in [2.24, 2.45) is 11.7 Å². The molecule has 1 aromatic carbocycles. The first-order valence-electron chi connectivity index (χ1n) is 5.29. The Labute approximate surface area is 94.4 Å². The van der Waals surface area contributed by atoms with Crippen LogP contribution in [0.3, 0.4) is 0 Å². The van der Waals surface area contributed by atoms with E-state index < -0.39 is 5.54 Å².